The lowest BCUT2D eigenvalue weighted by atomic mass is 9.58. The first-order valence-electron chi connectivity index (χ1n) is 10.3. The maximum atomic E-state index is 4.80. The van der Waals surface area contributed by atoms with Crippen LogP contribution in [0.5, 0.6) is 0 Å². The minimum absolute atomic E-state index is 0.112. The number of imidazole rings is 1. The van der Waals surface area contributed by atoms with Gasteiger partial charge in [-0.25, -0.2) is 4.98 Å². The van der Waals surface area contributed by atoms with E-state index in [0.29, 0.717) is 11.8 Å². The monoisotopic (exact) mass is 371 g/mol. The van der Waals surface area contributed by atoms with Gasteiger partial charge in [-0.1, -0.05) is 58.0 Å². The summed E-state index contributed by atoms with van der Waals surface area (Å²) in [6, 6.07) is 11.3. The molecule has 1 aromatic heterocycles. The van der Waals surface area contributed by atoms with Gasteiger partial charge in [0.1, 0.15) is 5.82 Å². The fraction of sp³-hybridized carbons (Fsp3) is 0.375. The Bertz CT molecular complexity index is 1010. The molecule has 2 aromatic carbocycles. The minimum atomic E-state index is 0.112. The number of hydrogen-bond acceptors (Lipinski definition) is 2. The van der Waals surface area contributed by atoms with E-state index in [1.54, 1.807) is 0 Å². The van der Waals surface area contributed by atoms with Gasteiger partial charge < -0.3 is 9.29 Å². The molecule has 0 aliphatic carbocycles. The Balaban J connectivity index is 2.05. The van der Waals surface area contributed by atoms with Crippen LogP contribution in [-0.2, 0) is 0 Å². The van der Waals surface area contributed by atoms with E-state index in [-0.39, 0.29) is 6.98 Å². The number of aryl methyl sites for hydroxylation is 2. The van der Waals surface area contributed by atoms with E-state index >= 15 is 0 Å². The summed E-state index contributed by atoms with van der Waals surface area (Å²) in [5.74, 6) is 2.01. The first kappa shape index (κ1) is 18.9. The van der Waals surface area contributed by atoms with Crippen molar-refractivity contribution in [1.29, 1.82) is 0 Å². The van der Waals surface area contributed by atoms with Crippen molar-refractivity contribution in [2.75, 3.05) is 11.9 Å². The topological polar surface area (TPSA) is 21.1 Å². The molecule has 4 heteroatoms. The van der Waals surface area contributed by atoms with Crippen LogP contribution < -0.4 is 10.3 Å². The van der Waals surface area contributed by atoms with E-state index in [2.05, 4.69) is 94.4 Å². The Morgan fingerprint density at radius 1 is 0.893 bits per heavy atom. The predicted molar refractivity (Wildman–Crippen MR) is 121 cm³/mol. The van der Waals surface area contributed by atoms with Crippen LogP contribution in [0.25, 0.3) is 11.4 Å². The van der Waals surface area contributed by atoms with Gasteiger partial charge in [-0.15, -0.1) is 0 Å². The summed E-state index contributed by atoms with van der Waals surface area (Å²) in [6.07, 6.45) is 4.09. The molecule has 0 amide bonds. The lowest BCUT2D eigenvalue weighted by Gasteiger charge is -2.39. The van der Waals surface area contributed by atoms with E-state index < -0.39 is 0 Å². The van der Waals surface area contributed by atoms with E-state index in [9.17, 15) is 0 Å². The van der Waals surface area contributed by atoms with Gasteiger partial charge in [0.05, 0.1) is 0 Å². The molecule has 0 saturated carbocycles. The molecular formula is C24H30BN3. The number of anilines is 1. The molecule has 1 aliphatic heterocycles. The zero-order valence-corrected chi connectivity index (χ0v) is 18.1. The minimum Gasteiger partial charge on any atom is -0.394 e. The lowest BCUT2D eigenvalue weighted by Crippen LogP contribution is -2.57. The highest BCUT2D eigenvalue weighted by Crippen LogP contribution is 2.40. The van der Waals surface area contributed by atoms with Gasteiger partial charge in [0, 0.05) is 23.6 Å². The molecule has 144 valence electrons. The van der Waals surface area contributed by atoms with Crippen LogP contribution >= 0.6 is 0 Å². The smallest absolute Gasteiger partial charge is 0.394 e. The Morgan fingerprint density at radius 2 is 1.50 bits per heavy atom. The number of aromatic nitrogens is 2. The summed E-state index contributed by atoms with van der Waals surface area (Å²) in [7, 11) is 2.24. The molecule has 2 heterocycles. The Morgan fingerprint density at radius 3 is 2.11 bits per heavy atom. The molecule has 0 radical (unpaired) electrons. The summed E-state index contributed by atoms with van der Waals surface area (Å²) < 4.78 is 2.36. The standard InChI is InChI=1S/C24H30BN3/c1-15(2)19-9-8-10-20(16(3)4)22(19)25-27(7)23-18(6)12-11-17(5)21(23)24-26-13-14-28(24)25/h8-16H,1-7H3. The first-order valence-corrected chi connectivity index (χ1v) is 10.3. The summed E-state index contributed by atoms with van der Waals surface area (Å²) >= 11 is 0. The Labute approximate surface area is 169 Å². The van der Waals surface area contributed by atoms with Crippen molar-refractivity contribution in [3.8, 4) is 11.4 Å². The number of rotatable bonds is 3. The summed E-state index contributed by atoms with van der Waals surface area (Å²) in [6.45, 7) is 13.7. The molecule has 0 fully saturated rings. The molecule has 0 bridgehead atoms. The Hall–Kier alpha value is -2.49. The fourth-order valence-corrected chi connectivity index (χ4v) is 4.79. The maximum absolute atomic E-state index is 4.80. The van der Waals surface area contributed by atoms with Crippen LogP contribution in [0.4, 0.5) is 5.69 Å². The molecule has 0 atom stereocenters. The van der Waals surface area contributed by atoms with Crippen molar-refractivity contribution in [1.82, 2.24) is 9.46 Å². The first-order chi connectivity index (χ1) is 13.3. The summed E-state index contributed by atoms with van der Waals surface area (Å²) in [4.78, 5) is 7.25. The van der Waals surface area contributed by atoms with E-state index in [1.807, 2.05) is 6.20 Å². The van der Waals surface area contributed by atoms with Gasteiger partial charge in [-0.2, -0.15) is 0 Å². The van der Waals surface area contributed by atoms with Gasteiger partial charge in [0.25, 0.3) is 0 Å². The van der Waals surface area contributed by atoms with Crippen molar-refractivity contribution in [3.63, 3.8) is 0 Å². The zero-order chi connectivity index (χ0) is 20.2. The number of fused-ring (bicyclic) bond motifs is 3. The molecule has 0 saturated heterocycles. The average molecular weight is 371 g/mol. The van der Waals surface area contributed by atoms with Crippen LogP contribution in [0.3, 0.4) is 0 Å². The average Bonchev–Trinajstić information content (AvgIpc) is 3.12. The van der Waals surface area contributed by atoms with Crippen molar-refractivity contribution in [2.24, 2.45) is 0 Å². The molecule has 28 heavy (non-hydrogen) atoms. The molecule has 0 spiro atoms. The van der Waals surface area contributed by atoms with Crippen molar-refractivity contribution in [3.05, 3.63) is 65.0 Å². The van der Waals surface area contributed by atoms with Crippen LogP contribution in [0.1, 0.15) is 61.8 Å². The molecule has 3 aromatic rings. The third-order valence-corrected chi connectivity index (χ3v) is 6.14. The second-order valence-electron chi connectivity index (χ2n) is 8.73. The van der Waals surface area contributed by atoms with Crippen LogP contribution in [0, 0.1) is 13.8 Å². The molecule has 4 rings (SSSR count). The fourth-order valence-electron chi connectivity index (χ4n) is 4.79. The largest absolute Gasteiger partial charge is 0.417 e. The second-order valence-corrected chi connectivity index (χ2v) is 8.73. The molecule has 0 N–H and O–H groups in total. The van der Waals surface area contributed by atoms with Gasteiger partial charge >= 0.3 is 6.98 Å². The Kier molecular flexibility index (Phi) is 4.61. The van der Waals surface area contributed by atoms with Crippen LogP contribution in [0.2, 0.25) is 0 Å². The predicted octanol–water partition coefficient (Wildman–Crippen LogP) is 5.11. The van der Waals surface area contributed by atoms with Gasteiger partial charge in [-0.3, -0.25) is 0 Å². The highest BCUT2D eigenvalue weighted by Gasteiger charge is 2.39. The van der Waals surface area contributed by atoms with Crippen molar-refractivity contribution < 1.29 is 0 Å². The molecular weight excluding hydrogens is 341 g/mol. The molecule has 0 unspecified atom stereocenters. The van der Waals surface area contributed by atoms with Crippen molar-refractivity contribution in [2.45, 2.75) is 53.4 Å². The summed E-state index contributed by atoms with van der Waals surface area (Å²) in [5, 5.41) is 0. The van der Waals surface area contributed by atoms with E-state index in [1.165, 1.54) is 39.0 Å². The highest BCUT2D eigenvalue weighted by molar-refractivity contribution is 6.77. The van der Waals surface area contributed by atoms with Gasteiger partial charge in [0.2, 0.25) is 0 Å². The highest BCUT2D eigenvalue weighted by atomic mass is 15.2. The quantitative estimate of drug-likeness (QED) is 0.597. The SMILES string of the molecule is Cc1ccc(C)c2c1-c1nccn1B(c1c(C(C)C)cccc1C(C)C)N2C. The number of benzene rings is 2. The van der Waals surface area contributed by atoms with E-state index in [0.717, 1.165) is 5.82 Å². The third kappa shape index (κ3) is 2.69. The molecule has 1 aliphatic rings. The molecule has 3 nitrogen and oxygen atoms in total. The second kappa shape index (κ2) is 6.84. The lowest BCUT2D eigenvalue weighted by molar-refractivity contribution is 0.842. The van der Waals surface area contributed by atoms with Crippen LogP contribution in [-0.4, -0.2) is 23.5 Å². The van der Waals surface area contributed by atoms with Gasteiger partial charge in [-0.05, 0) is 60.4 Å². The normalized spacial score (nSPS) is 13.3. The number of nitrogens with zero attached hydrogens (tertiary/aromatic N) is 3. The zero-order valence-electron chi connectivity index (χ0n) is 18.1. The third-order valence-electron chi connectivity index (χ3n) is 6.14. The number of hydrogen-bond donors (Lipinski definition) is 0. The maximum Gasteiger partial charge on any atom is 0.417 e. The summed E-state index contributed by atoms with van der Waals surface area (Å²) in [5.41, 5.74) is 9.43. The van der Waals surface area contributed by atoms with E-state index in [4.69, 9.17) is 4.98 Å². The van der Waals surface area contributed by atoms with Crippen LogP contribution in [0.15, 0.2) is 42.7 Å². The van der Waals surface area contributed by atoms with Gasteiger partial charge in [0.15, 0.2) is 0 Å². The van der Waals surface area contributed by atoms with Crippen molar-refractivity contribution >= 4 is 18.1 Å².